The zero-order chi connectivity index (χ0) is 32.3. The van der Waals surface area contributed by atoms with Crippen LogP contribution in [-0.2, 0) is 6.42 Å². The first-order valence-electron chi connectivity index (χ1n) is 17.1. The first kappa shape index (κ1) is 27.9. The largest absolute Gasteiger partial charge is 0.460 e. The van der Waals surface area contributed by atoms with Gasteiger partial charge in [-0.05, 0) is 114 Å². The Labute approximate surface area is 285 Å². The molecule has 1 aliphatic carbocycles. The predicted octanol–water partition coefficient (Wildman–Crippen LogP) is 13.2. The van der Waals surface area contributed by atoms with Gasteiger partial charge in [0.25, 0.3) is 0 Å². The summed E-state index contributed by atoms with van der Waals surface area (Å²) in [6.07, 6.45) is 5.53. The quantitative estimate of drug-likeness (QED) is 0.178. The van der Waals surface area contributed by atoms with E-state index in [4.69, 9.17) is 4.42 Å². The van der Waals surface area contributed by atoms with Crippen molar-refractivity contribution in [3.8, 4) is 33.4 Å². The second-order valence-electron chi connectivity index (χ2n) is 13.3. The van der Waals surface area contributed by atoms with E-state index in [9.17, 15) is 0 Å². The smallest absolute Gasteiger partial charge is 0.134 e. The van der Waals surface area contributed by atoms with Crippen molar-refractivity contribution in [3.05, 3.63) is 187 Å². The van der Waals surface area contributed by atoms with Crippen LogP contribution in [0.4, 0.5) is 0 Å². The fourth-order valence-electron chi connectivity index (χ4n) is 7.97. The minimum absolute atomic E-state index is 0.233. The molecule has 0 N–H and O–H groups in total. The van der Waals surface area contributed by atoms with E-state index in [1.54, 1.807) is 0 Å². The summed E-state index contributed by atoms with van der Waals surface area (Å²) in [5.41, 5.74) is 11.1. The zero-order valence-electron chi connectivity index (χ0n) is 26.9. The van der Waals surface area contributed by atoms with Crippen LogP contribution in [0, 0.1) is 0 Å². The van der Waals surface area contributed by atoms with Gasteiger partial charge in [0.2, 0.25) is 0 Å². The lowest BCUT2D eigenvalue weighted by Gasteiger charge is -2.21. The van der Waals surface area contributed by atoms with Crippen molar-refractivity contribution in [2.75, 3.05) is 0 Å². The van der Waals surface area contributed by atoms with E-state index in [-0.39, 0.29) is 5.92 Å². The maximum Gasteiger partial charge on any atom is 0.134 e. The van der Waals surface area contributed by atoms with Gasteiger partial charge in [0.1, 0.15) is 11.3 Å². The van der Waals surface area contributed by atoms with Gasteiger partial charge >= 0.3 is 0 Å². The van der Waals surface area contributed by atoms with Crippen LogP contribution in [-0.4, -0.2) is 0 Å². The molecule has 0 radical (unpaired) electrons. The first-order chi connectivity index (χ1) is 24.3. The monoisotopic (exact) mass is 624 g/mol. The van der Waals surface area contributed by atoms with Crippen LogP contribution in [0.1, 0.15) is 22.8 Å². The van der Waals surface area contributed by atoms with E-state index in [1.165, 1.54) is 76.8 Å². The summed E-state index contributed by atoms with van der Waals surface area (Å²) < 4.78 is 6.26. The summed E-state index contributed by atoms with van der Waals surface area (Å²) in [6, 6.07) is 59.8. The summed E-state index contributed by atoms with van der Waals surface area (Å²) >= 11 is 0. The summed E-state index contributed by atoms with van der Waals surface area (Å²) in [5.74, 6) is 1.27. The number of fused-ring (bicyclic) bond motifs is 5. The lowest BCUT2D eigenvalue weighted by atomic mass is 9.83. The van der Waals surface area contributed by atoms with Gasteiger partial charge < -0.3 is 4.42 Å². The maximum absolute atomic E-state index is 6.26. The molecule has 9 aromatic rings. The van der Waals surface area contributed by atoms with Crippen LogP contribution in [0.5, 0.6) is 0 Å². The van der Waals surface area contributed by atoms with E-state index in [0.29, 0.717) is 0 Å². The van der Waals surface area contributed by atoms with Gasteiger partial charge in [0.05, 0.1) is 0 Å². The number of furan rings is 1. The molecule has 0 bridgehead atoms. The topological polar surface area (TPSA) is 13.1 Å². The molecule has 1 nitrogen and oxygen atoms in total. The summed E-state index contributed by atoms with van der Waals surface area (Å²) in [6.45, 7) is 0. The Morgan fingerprint density at radius 3 is 1.76 bits per heavy atom. The lowest BCUT2D eigenvalue weighted by molar-refractivity contribution is 0.522. The van der Waals surface area contributed by atoms with E-state index in [2.05, 4.69) is 164 Å². The molecule has 10 rings (SSSR count). The minimum Gasteiger partial charge on any atom is -0.460 e. The molecule has 0 saturated carbocycles. The van der Waals surface area contributed by atoms with Gasteiger partial charge in [-0.15, -0.1) is 0 Å². The van der Waals surface area contributed by atoms with Crippen molar-refractivity contribution in [3.63, 3.8) is 0 Å². The summed E-state index contributed by atoms with van der Waals surface area (Å²) in [4.78, 5) is 0. The second kappa shape index (κ2) is 11.2. The van der Waals surface area contributed by atoms with E-state index >= 15 is 0 Å². The second-order valence-corrected chi connectivity index (χ2v) is 13.3. The fraction of sp³-hybridized carbons (Fsp3) is 0.0417. The SMILES string of the molecule is C1=CC(c2cc3ccccc3o2)Cc2ccc(-c3c4ccccc4c(-c4cccc(-c5ccc6ccccc6c5)c4)c4ccccc34)cc21. The van der Waals surface area contributed by atoms with Crippen LogP contribution in [0.15, 0.2) is 174 Å². The van der Waals surface area contributed by atoms with Crippen LogP contribution in [0.3, 0.4) is 0 Å². The standard InChI is InChI=1S/C48H32O/c1-2-11-32-26-34(21-20-31(32)10-1)33-13-9-14-39(28-33)47-41-15-4-6-17-43(41)48(44-18-7-5-16-42(44)47)40-25-23-35-27-38(24-22-36(35)29-40)46-30-37-12-3-8-19-45(37)49-46/h1-26,28-30,38H,27H2. The Hall–Kier alpha value is -6.18. The van der Waals surface area contributed by atoms with Crippen molar-refractivity contribution < 1.29 is 4.42 Å². The molecule has 1 heterocycles. The number of hydrogen-bond acceptors (Lipinski definition) is 1. The fourth-order valence-corrected chi connectivity index (χ4v) is 7.97. The molecular formula is C48H32O. The number of rotatable bonds is 4. The minimum atomic E-state index is 0.233. The molecule has 1 aliphatic rings. The van der Waals surface area contributed by atoms with Gasteiger partial charge in [-0.3, -0.25) is 0 Å². The van der Waals surface area contributed by atoms with E-state index < -0.39 is 0 Å². The molecule has 230 valence electrons. The maximum atomic E-state index is 6.26. The third kappa shape index (κ3) is 4.70. The van der Waals surface area contributed by atoms with Crippen molar-refractivity contribution in [1.82, 2.24) is 0 Å². The molecule has 1 heteroatoms. The molecule has 1 aromatic heterocycles. The third-order valence-corrected chi connectivity index (χ3v) is 10.4. The van der Waals surface area contributed by atoms with Crippen LogP contribution in [0.25, 0.3) is 82.7 Å². The van der Waals surface area contributed by atoms with E-state index in [1.807, 2.05) is 12.1 Å². The summed E-state index contributed by atoms with van der Waals surface area (Å²) in [7, 11) is 0. The van der Waals surface area contributed by atoms with Gasteiger partial charge in [-0.2, -0.15) is 0 Å². The van der Waals surface area contributed by atoms with Crippen molar-refractivity contribution >= 4 is 49.4 Å². The molecular weight excluding hydrogens is 593 g/mol. The number of hydrogen-bond donors (Lipinski definition) is 0. The Morgan fingerprint density at radius 2 is 1.02 bits per heavy atom. The van der Waals surface area contributed by atoms with Crippen LogP contribution < -0.4 is 0 Å². The molecule has 1 unspecified atom stereocenters. The van der Waals surface area contributed by atoms with Crippen molar-refractivity contribution in [2.24, 2.45) is 0 Å². The number of allylic oxidation sites excluding steroid dienone is 1. The number of para-hydroxylation sites is 1. The molecule has 8 aromatic carbocycles. The lowest BCUT2D eigenvalue weighted by Crippen LogP contribution is -2.05. The first-order valence-corrected chi connectivity index (χ1v) is 17.1. The van der Waals surface area contributed by atoms with Gasteiger partial charge in [0, 0.05) is 11.3 Å². The highest BCUT2D eigenvalue weighted by Gasteiger charge is 2.22. The average Bonchev–Trinajstić information content (AvgIpc) is 3.61. The Kier molecular flexibility index (Phi) is 6.38. The van der Waals surface area contributed by atoms with E-state index in [0.717, 1.165) is 23.2 Å². The average molecular weight is 625 g/mol. The highest BCUT2D eigenvalue weighted by atomic mass is 16.3. The molecule has 0 aliphatic heterocycles. The predicted molar refractivity (Wildman–Crippen MR) is 207 cm³/mol. The molecule has 0 spiro atoms. The highest BCUT2D eigenvalue weighted by molar-refractivity contribution is 6.21. The zero-order valence-corrected chi connectivity index (χ0v) is 26.9. The Balaban J connectivity index is 1.10. The summed E-state index contributed by atoms with van der Waals surface area (Å²) in [5, 5.41) is 8.76. The highest BCUT2D eigenvalue weighted by Crippen LogP contribution is 2.45. The van der Waals surface area contributed by atoms with Gasteiger partial charge in [-0.25, -0.2) is 0 Å². The normalized spacial score (nSPS) is 14.2. The molecule has 49 heavy (non-hydrogen) atoms. The molecule has 0 amide bonds. The van der Waals surface area contributed by atoms with Crippen LogP contribution in [0.2, 0.25) is 0 Å². The van der Waals surface area contributed by atoms with Gasteiger partial charge in [0.15, 0.2) is 0 Å². The number of benzene rings is 8. The molecule has 1 atom stereocenters. The van der Waals surface area contributed by atoms with Gasteiger partial charge in [-0.1, -0.05) is 146 Å². The Bertz CT molecular complexity index is 2670. The van der Waals surface area contributed by atoms with Crippen LogP contribution >= 0.6 is 0 Å². The molecule has 0 saturated heterocycles. The third-order valence-electron chi connectivity index (χ3n) is 10.4. The van der Waals surface area contributed by atoms with Crippen molar-refractivity contribution in [1.29, 1.82) is 0 Å². The Morgan fingerprint density at radius 1 is 0.429 bits per heavy atom. The molecule has 0 fully saturated rings. The van der Waals surface area contributed by atoms with Crippen molar-refractivity contribution in [2.45, 2.75) is 12.3 Å².